The summed E-state index contributed by atoms with van der Waals surface area (Å²) in [5, 5.41) is 10.3. The van der Waals surface area contributed by atoms with Gasteiger partial charge >= 0.3 is 0 Å². The van der Waals surface area contributed by atoms with Crippen LogP contribution in [0.3, 0.4) is 0 Å². The van der Waals surface area contributed by atoms with Gasteiger partial charge in [-0.05, 0) is 19.4 Å². The second kappa shape index (κ2) is 7.82. The molecule has 4 rings (SSSR count). The summed E-state index contributed by atoms with van der Waals surface area (Å²) in [6.07, 6.45) is 1.10. The van der Waals surface area contributed by atoms with E-state index in [1.807, 2.05) is 24.0 Å². The Hall–Kier alpha value is -2.19. The van der Waals surface area contributed by atoms with Gasteiger partial charge in [0.1, 0.15) is 5.52 Å². The number of amides is 1. The summed E-state index contributed by atoms with van der Waals surface area (Å²) in [4.78, 5) is 19.0. The van der Waals surface area contributed by atoms with Crippen LogP contribution < -0.4 is 0 Å². The molecule has 27 heavy (non-hydrogen) atoms. The third kappa shape index (κ3) is 3.64. The van der Waals surface area contributed by atoms with Gasteiger partial charge in [-0.1, -0.05) is 36.9 Å². The highest BCUT2D eigenvalue weighted by Gasteiger charge is 2.22. The van der Waals surface area contributed by atoms with Gasteiger partial charge in [-0.15, -0.1) is 10.2 Å². The van der Waals surface area contributed by atoms with E-state index in [1.54, 1.807) is 0 Å². The Morgan fingerprint density at radius 2 is 2.19 bits per heavy atom. The van der Waals surface area contributed by atoms with Crippen molar-refractivity contribution in [3.63, 3.8) is 0 Å². The lowest BCUT2D eigenvalue weighted by molar-refractivity contribution is -0.135. The van der Waals surface area contributed by atoms with Gasteiger partial charge < -0.3 is 14.2 Å². The molecule has 0 bridgehead atoms. The Balaban J connectivity index is 1.57. The number of carbonyl (C=O) groups is 1. The molecule has 2 aromatic heterocycles. The van der Waals surface area contributed by atoms with Crippen molar-refractivity contribution in [2.24, 2.45) is 0 Å². The van der Waals surface area contributed by atoms with Crippen molar-refractivity contribution in [3.05, 3.63) is 24.3 Å². The van der Waals surface area contributed by atoms with Crippen molar-refractivity contribution < 1.29 is 9.53 Å². The Morgan fingerprint density at radius 3 is 3.00 bits per heavy atom. The zero-order valence-corrected chi connectivity index (χ0v) is 16.4. The fraction of sp³-hybridized carbons (Fsp3) is 0.474. The molecular formula is C19H23N5O2S. The van der Waals surface area contributed by atoms with Gasteiger partial charge in [-0.25, -0.2) is 4.98 Å². The monoisotopic (exact) mass is 385 g/mol. The topological polar surface area (TPSA) is 73.1 Å². The molecule has 1 aliphatic heterocycles. The molecule has 1 aliphatic rings. The lowest BCUT2D eigenvalue weighted by atomic mass is 10.2. The molecule has 0 radical (unpaired) electrons. The molecule has 1 amide bonds. The SMILES string of the molecule is CCCn1c2ccccc2c2nnc(SCC(=O)N3CCOC(C)C3)nc21. The number of para-hydroxylation sites is 1. The molecule has 0 N–H and O–H groups in total. The lowest BCUT2D eigenvalue weighted by Crippen LogP contribution is -2.45. The number of morpholine rings is 1. The van der Waals surface area contributed by atoms with Gasteiger partial charge in [-0.2, -0.15) is 0 Å². The molecule has 0 aliphatic carbocycles. The van der Waals surface area contributed by atoms with Crippen LogP contribution in [0.2, 0.25) is 0 Å². The number of thioether (sulfide) groups is 1. The van der Waals surface area contributed by atoms with Crippen molar-refractivity contribution in [1.29, 1.82) is 0 Å². The maximum Gasteiger partial charge on any atom is 0.233 e. The number of aryl methyl sites for hydroxylation is 1. The average Bonchev–Trinajstić information content (AvgIpc) is 3.00. The second-order valence-electron chi connectivity index (χ2n) is 6.75. The Bertz CT molecular complexity index is 973. The first-order chi connectivity index (χ1) is 13.2. The smallest absolute Gasteiger partial charge is 0.233 e. The highest BCUT2D eigenvalue weighted by Crippen LogP contribution is 2.27. The molecule has 1 fully saturated rings. The molecule has 1 aromatic carbocycles. The van der Waals surface area contributed by atoms with E-state index < -0.39 is 0 Å². The number of hydrogen-bond acceptors (Lipinski definition) is 6. The van der Waals surface area contributed by atoms with Crippen molar-refractivity contribution in [2.75, 3.05) is 25.4 Å². The molecule has 3 aromatic rings. The van der Waals surface area contributed by atoms with Crippen molar-refractivity contribution >= 4 is 39.7 Å². The Kier molecular flexibility index (Phi) is 5.27. The predicted molar refractivity (Wildman–Crippen MR) is 106 cm³/mol. The van der Waals surface area contributed by atoms with Crippen LogP contribution >= 0.6 is 11.8 Å². The summed E-state index contributed by atoms with van der Waals surface area (Å²) in [6, 6.07) is 8.17. The van der Waals surface area contributed by atoms with Crippen LogP contribution in [0, 0.1) is 0 Å². The molecule has 1 atom stereocenters. The van der Waals surface area contributed by atoms with Gasteiger partial charge in [0, 0.05) is 25.0 Å². The minimum absolute atomic E-state index is 0.0896. The molecule has 8 heteroatoms. The van der Waals surface area contributed by atoms with Crippen LogP contribution in [0.1, 0.15) is 20.3 Å². The Labute approximate surface area is 162 Å². The summed E-state index contributed by atoms with van der Waals surface area (Å²) in [5.74, 6) is 0.404. The van der Waals surface area contributed by atoms with Crippen LogP contribution in [0.25, 0.3) is 22.1 Å². The highest BCUT2D eigenvalue weighted by atomic mass is 32.2. The van der Waals surface area contributed by atoms with E-state index in [4.69, 9.17) is 9.72 Å². The minimum atomic E-state index is 0.0896. The minimum Gasteiger partial charge on any atom is -0.375 e. The summed E-state index contributed by atoms with van der Waals surface area (Å²) in [7, 11) is 0. The molecule has 3 heterocycles. The number of ether oxygens (including phenoxy) is 1. The number of benzene rings is 1. The van der Waals surface area contributed by atoms with Gasteiger partial charge in [0.05, 0.1) is 24.0 Å². The number of carbonyl (C=O) groups excluding carboxylic acids is 1. The van der Waals surface area contributed by atoms with Crippen LogP contribution in [0.4, 0.5) is 0 Å². The maximum atomic E-state index is 12.5. The number of hydrogen-bond donors (Lipinski definition) is 0. The molecular weight excluding hydrogens is 362 g/mol. The first-order valence-corrected chi connectivity index (χ1v) is 10.3. The van der Waals surface area contributed by atoms with Crippen LogP contribution in [-0.2, 0) is 16.1 Å². The molecule has 0 saturated carbocycles. The van der Waals surface area contributed by atoms with Crippen molar-refractivity contribution in [1.82, 2.24) is 24.6 Å². The second-order valence-corrected chi connectivity index (χ2v) is 7.69. The third-order valence-electron chi connectivity index (χ3n) is 4.72. The molecule has 0 spiro atoms. The van der Waals surface area contributed by atoms with Gasteiger partial charge in [0.15, 0.2) is 5.65 Å². The van der Waals surface area contributed by atoms with Crippen LogP contribution in [-0.4, -0.2) is 62.1 Å². The third-order valence-corrected chi connectivity index (χ3v) is 5.54. The average molecular weight is 385 g/mol. The van der Waals surface area contributed by atoms with Crippen molar-refractivity contribution in [3.8, 4) is 0 Å². The number of nitrogens with zero attached hydrogens (tertiary/aromatic N) is 5. The zero-order chi connectivity index (χ0) is 18.8. The van der Waals surface area contributed by atoms with E-state index in [2.05, 4.69) is 33.8 Å². The quantitative estimate of drug-likeness (QED) is 0.629. The van der Waals surface area contributed by atoms with Crippen LogP contribution in [0.15, 0.2) is 29.4 Å². The molecule has 1 unspecified atom stereocenters. The van der Waals surface area contributed by atoms with Gasteiger partial charge in [-0.3, -0.25) is 4.79 Å². The lowest BCUT2D eigenvalue weighted by Gasteiger charge is -2.31. The van der Waals surface area contributed by atoms with E-state index >= 15 is 0 Å². The van der Waals surface area contributed by atoms with Gasteiger partial charge in [0.2, 0.25) is 11.1 Å². The first-order valence-electron chi connectivity index (χ1n) is 9.31. The highest BCUT2D eigenvalue weighted by molar-refractivity contribution is 7.99. The molecule has 142 valence electrons. The summed E-state index contributed by atoms with van der Waals surface area (Å²) >= 11 is 1.34. The summed E-state index contributed by atoms with van der Waals surface area (Å²) in [6.45, 7) is 6.89. The largest absolute Gasteiger partial charge is 0.375 e. The first kappa shape index (κ1) is 18.2. The molecule has 7 nitrogen and oxygen atoms in total. The standard InChI is InChI=1S/C19H23N5O2S/c1-3-8-24-15-7-5-4-6-14(15)17-18(24)20-19(22-21-17)27-12-16(25)23-9-10-26-13(2)11-23/h4-7,13H,3,8-12H2,1-2H3. The van der Waals surface area contributed by atoms with Crippen LogP contribution in [0.5, 0.6) is 0 Å². The van der Waals surface area contributed by atoms with E-state index in [0.717, 1.165) is 35.0 Å². The Morgan fingerprint density at radius 1 is 1.33 bits per heavy atom. The maximum absolute atomic E-state index is 12.5. The zero-order valence-electron chi connectivity index (χ0n) is 15.6. The fourth-order valence-corrected chi connectivity index (χ4v) is 4.15. The van der Waals surface area contributed by atoms with E-state index in [1.165, 1.54) is 11.8 Å². The molecule has 1 saturated heterocycles. The number of fused-ring (bicyclic) bond motifs is 3. The van der Waals surface area contributed by atoms with Crippen molar-refractivity contribution in [2.45, 2.75) is 38.1 Å². The van der Waals surface area contributed by atoms with E-state index in [-0.39, 0.29) is 12.0 Å². The normalized spacial score (nSPS) is 17.7. The van der Waals surface area contributed by atoms with Gasteiger partial charge in [0.25, 0.3) is 0 Å². The number of aromatic nitrogens is 4. The summed E-state index contributed by atoms with van der Waals surface area (Å²) in [5.41, 5.74) is 2.77. The fourth-order valence-electron chi connectivity index (χ4n) is 3.46. The van der Waals surface area contributed by atoms with E-state index in [0.29, 0.717) is 30.6 Å². The summed E-state index contributed by atoms with van der Waals surface area (Å²) < 4.78 is 7.69. The predicted octanol–water partition coefficient (Wildman–Crippen LogP) is 2.73. The van der Waals surface area contributed by atoms with E-state index in [9.17, 15) is 4.79 Å². The number of rotatable bonds is 5.